The summed E-state index contributed by atoms with van der Waals surface area (Å²) < 4.78 is 62.4. The number of ketones is 2. The van der Waals surface area contributed by atoms with Crippen molar-refractivity contribution in [3.05, 3.63) is 231 Å². The van der Waals surface area contributed by atoms with Gasteiger partial charge in [-0.2, -0.15) is 0 Å². The quantitative estimate of drug-likeness (QED) is 0.0366. The first-order valence-electron chi connectivity index (χ1n) is 45.6. The number of hydrogen-bond acceptors (Lipinski definition) is 18. The molecule has 16 bridgehead atoms. The maximum atomic E-state index is 13.1. The van der Waals surface area contributed by atoms with Crippen molar-refractivity contribution in [2.24, 2.45) is 0 Å². The Labute approximate surface area is 780 Å². The van der Waals surface area contributed by atoms with Crippen molar-refractivity contribution in [2.45, 2.75) is 289 Å². The second-order valence-electron chi connectivity index (χ2n) is 43.3. The highest BCUT2D eigenvalue weighted by atomic mass is 16.6. The summed E-state index contributed by atoms with van der Waals surface area (Å²) in [6.45, 7) is 54.3. The van der Waals surface area contributed by atoms with E-state index in [2.05, 4.69) is 215 Å². The van der Waals surface area contributed by atoms with Crippen molar-refractivity contribution < 1.29 is 106 Å². The zero-order valence-electron chi connectivity index (χ0n) is 83.1. The minimum atomic E-state index is -1.18. The van der Waals surface area contributed by atoms with E-state index in [9.17, 15) is 58.8 Å². The van der Waals surface area contributed by atoms with Gasteiger partial charge in [-0.25, -0.2) is 28.8 Å². The number of carboxylic acids is 4. The van der Waals surface area contributed by atoms with Crippen molar-refractivity contribution in [3.8, 4) is 46.0 Å². The lowest BCUT2D eigenvalue weighted by Gasteiger charge is -2.29. The maximum absolute atomic E-state index is 13.1. The fourth-order valence-corrected chi connectivity index (χ4v) is 16.3. The van der Waals surface area contributed by atoms with Gasteiger partial charge in [0.1, 0.15) is 59.2 Å². The van der Waals surface area contributed by atoms with Gasteiger partial charge in [0.2, 0.25) is 0 Å². The molecule has 22 heteroatoms. The number of carbonyl (C=O) groups is 8. The van der Waals surface area contributed by atoms with Crippen molar-refractivity contribution >= 4 is 47.4 Å². The molecule has 712 valence electrons. The average Bonchev–Trinajstić information content (AvgIpc) is 0.760. The minimum absolute atomic E-state index is 0.126. The fourth-order valence-electron chi connectivity index (χ4n) is 16.3. The third kappa shape index (κ3) is 27.7. The van der Waals surface area contributed by atoms with Gasteiger partial charge in [0, 0.05) is 51.4 Å². The molecule has 10 rings (SSSR count). The maximum Gasteiger partial charge on any atom is 0.344 e. The second-order valence-corrected chi connectivity index (χ2v) is 43.3. The van der Waals surface area contributed by atoms with Gasteiger partial charge >= 0.3 is 35.8 Å². The van der Waals surface area contributed by atoms with E-state index in [0.29, 0.717) is 116 Å². The third-order valence-electron chi connectivity index (χ3n) is 23.4. The van der Waals surface area contributed by atoms with Gasteiger partial charge in [-0.05, 0) is 205 Å². The lowest BCUT2D eigenvalue weighted by atomic mass is 9.79. The molecule has 0 aromatic heterocycles. The largest absolute Gasteiger partial charge is 0.485 e. The van der Waals surface area contributed by atoms with E-state index in [1.165, 1.54) is 13.8 Å². The summed E-state index contributed by atoms with van der Waals surface area (Å²) in [5.74, 6) is -2.46. The highest BCUT2D eigenvalue weighted by molar-refractivity contribution is 5.79. The van der Waals surface area contributed by atoms with Crippen LogP contribution in [0, 0.1) is 0 Å². The Morgan fingerprint density at radius 1 is 0.212 bits per heavy atom. The molecule has 2 aliphatic carbocycles. The summed E-state index contributed by atoms with van der Waals surface area (Å²) >= 11 is 0. The SMILES string of the molecule is CC(C)(C)c1cc2c(OCC(=O)O)c(c1)Cc1cc(C(C)(C)C)cc(c1OCC(=O)O)Cc1cc(C(C)(C)C)cc(c1OCC(=O)O)Cc1cc(C(C)(C)C)cc(c1OCC(=O)O)C2.CCOC(=O)COc1c2cc(C(C)(C)C)cc1Cc1cc(C(C)(C)C)cc(c1OCC(=O)OCC)Cc1cc(C(C)(C)C)cc(c1OCC(C)=O)Cc1cc(C(C)(C)C)cc(c1OCC(C)=O)C2. The van der Waals surface area contributed by atoms with Crippen LogP contribution in [0.4, 0.5) is 0 Å². The number of benzene rings is 8. The Balaban J connectivity index is 0.000000297. The molecule has 8 aromatic rings. The van der Waals surface area contributed by atoms with Crippen LogP contribution in [0.2, 0.25) is 0 Å². The lowest BCUT2D eigenvalue weighted by molar-refractivity contribution is -0.146. The van der Waals surface area contributed by atoms with Crippen LogP contribution in [-0.2, 0) is 143 Å². The van der Waals surface area contributed by atoms with Gasteiger partial charge in [-0.3, -0.25) is 9.59 Å². The van der Waals surface area contributed by atoms with Crippen molar-refractivity contribution in [1.29, 1.82) is 0 Å². The van der Waals surface area contributed by atoms with Gasteiger partial charge in [0.15, 0.2) is 51.2 Å². The topological polar surface area (TPSA) is 310 Å². The van der Waals surface area contributed by atoms with E-state index < -0.39 is 83.9 Å². The molecule has 132 heavy (non-hydrogen) atoms. The smallest absolute Gasteiger partial charge is 0.344 e. The molecule has 0 spiro atoms. The molecule has 0 saturated carbocycles. The average molecular weight is 1810 g/mol. The van der Waals surface area contributed by atoms with Crippen LogP contribution < -0.4 is 37.9 Å². The molecular weight excluding hydrogens is 1670 g/mol. The van der Waals surface area contributed by atoms with Gasteiger partial charge in [-0.15, -0.1) is 0 Å². The van der Waals surface area contributed by atoms with Gasteiger partial charge in [0.05, 0.1) is 13.2 Å². The molecule has 0 aliphatic heterocycles. The minimum Gasteiger partial charge on any atom is -0.485 e. The number of hydrogen-bond donors (Lipinski definition) is 4. The van der Waals surface area contributed by atoms with E-state index in [1.807, 2.05) is 48.5 Å². The summed E-state index contributed by atoms with van der Waals surface area (Å²) in [5, 5.41) is 39.9. The molecule has 4 N–H and O–H groups in total. The molecule has 8 aromatic carbocycles. The Bertz CT molecular complexity index is 5050. The Hall–Kier alpha value is -11.7. The summed E-state index contributed by atoms with van der Waals surface area (Å²) in [7, 11) is 0. The van der Waals surface area contributed by atoms with Gasteiger partial charge < -0.3 is 67.8 Å². The van der Waals surface area contributed by atoms with Crippen LogP contribution in [0.15, 0.2) is 97.1 Å². The van der Waals surface area contributed by atoms with Gasteiger partial charge in [-0.1, -0.05) is 263 Å². The number of fused-ring (bicyclic) bond motifs is 16. The molecule has 22 nitrogen and oxygen atoms in total. The molecular formula is C110H140O22. The monoisotopic (exact) mass is 1810 g/mol. The Morgan fingerprint density at radius 3 is 0.424 bits per heavy atom. The van der Waals surface area contributed by atoms with Crippen LogP contribution in [0.25, 0.3) is 0 Å². The Morgan fingerprint density at radius 2 is 0.326 bits per heavy atom. The summed E-state index contributed by atoms with van der Waals surface area (Å²) in [4.78, 5) is 101. The van der Waals surface area contributed by atoms with Crippen molar-refractivity contribution in [1.82, 2.24) is 0 Å². The number of rotatable bonds is 26. The first kappa shape index (κ1) is 104. The number of esters is 2. The molecule has 0 atom stereocenters. The summed E-state index contributed by atoms with van der Waals surface area (Å²) in [6.07, 6.45) is 1.84. The summed E-state index contributed by atoms with van der Waals surface area (Å²) in [5.41, 5.74) is 16.8. The highest BCUT2D eigenvalue weighted by Crippen LogP contribution is 2.49. The van der Waals surface area contributed by atoms with E-state index in [1.54, 1.807) is 13.8 Å². The number of aliphatic carboxylic acids is 4. The van der Waals surface area contributed by atoms with Crippen LogP contribution in [-0.4, -0.2) is 134 Å². The van der Waals surface area contributed by atoms with Gasteiger partial charge in [0.25, 0.3) is 0 Å². The first-order chi connectivity index (χ1) is 61.1. The molecule has 0 radical (unpaired) electrons. The normalized spacial score (nSPS) is 13.1. The van der Waals surface area contributed by atoms with Crippen LogP contribution in [0.1, 0.15) is 327 Å². The first-order valence-corrected chi connectivity index (χ1v) is 45.6. The number of Topliss-reactive ketones (excluding diaryl/α,β-unsaturated/α-hetero) is 2. The highest BCUT2D eigenvalue weighted by Gasteiger charge is 2.35. The number of carboxylic acid groups (broad SMARTS) is 4. The zero-order chi connectivity index (χ0) is 98.2. The predicted octanol–water partition coefficient (Wildman–Crippen LogP) is 20.8. The second kappa shape index (κ2) is 41.6. The number of ether oxygens (including phenoxy) is 10. The number of carbonyl (C=O) groups excluding carboxylic acids is 4. The van der Waals surface area contributed by atoms with Crippen LogP contribution >= 0.6 is 0 Å². The summed E-state index contributed by atoms with van der Waals surface area (Å²) in [6, 6.07) is 33.1. The van der Waals surface area contributed by atoms with E-state index >= 15 is 0 Å². The van der Waals surface area contributed by atoms with E-state index in [0.717, 1.165) is 89.0 Å². The molecule has 0 amide bonds. The standard InChI is InChI=1S/C58H76O10.C52H64O12/c1-17-63-49(61)33-67-53-41-20-39-25-45(55(5,6)7)23-37(51(39)65-31-35(3)59)19-38-24-46(56(8,9)10)26-40(52(38)66-32-36(4)60)21-42-28-48(58(14,15)16)30-44(54(42)68-34-50(62)64-18-2)22-43(53)29-47(27-41)57(11,12)13;1-49(2,3)37-17-29-13-31-19-38(50(4,5)6)21-33(46(31)62-26-42(55)56)15-35-23-40(52(10,11)12)24-36(48(35)64-28-44(59)60)16-34-22-39(51(7,8)9)20-32(47(34)63-27-43(57)58)14-30(18-37)45(29)61-25-41(53)54/h23-30H,17-22,31-34H2,1-16H3;17-24H,13-16,25-28H2,1-12H3,(H,53,54)(H,55,56)(H,57,58)(H,59,60). The lowest BCUT2D eigenvalue weighted by Crippen LogP contribution is -2.20. The zero-order valence-corrected chi connectivity index (χ0v) is 83.1. The van der Waals surface area contributed by atoms with Crippen molar-refractivity contribution in [2.75, 3.05) is 66.1 Å². The molecule has 0 heterocycles. The van der Waals surface area contributed by atoms with Crippen molar-refractivity contribution in [3.63, 3.8) is 0 Å². The molecule has 0 unspecified atom stereocenters. The third-order valence-corrected chi connectivity index (χ3v) is 23.4. The molecule has 0 saturated heterocycles. The Kier molecular flexibility index (Phi) is 32.8. The van der Waals surface area contributed by atoms with E-state index in [4.69, 9.17) is 47.4 Å². The van der Waals surface area contributed by atoms with Crippen LogP contribution in [0.5, 0.6) is 46.0 Å². The fraction of sp³-hybridized carbons (Fsp3) is 0.491. The molecule has 2 aliphatic rings. The van der Waals surface area contributed by atoms with Crippen LogP contribution in [0.3, 0.4) is 0 Å². The molecule has 0 fully saturated rings. The van der Waals surface area contributed by atoms with E-state index in [-0.39, 0.29) is 98.6 Å². The predicted molar refractivity (Wildman–Crippen MR) is 513 cm³/mol.